The van der Waals surface area contributed by atoms with Crippen molar-refractivity contribution in [3.05, 3.63) is 152 Å². The molecule has 5 aromatic rings. The van der Waals surface area contributed by atoms with Crippen molar-refractivity contribution in [2.45, 2.75) is 0 Å². The first-order chi connectivity index (χ1) is 19.1. The van der Waals surface area contributed by atoms with Gasteiger partial charge >= 0.3 is 147 Å². The zero-order valence-corrected chi connectivity index (χ0v) is 30.3. The Morgan fingerprint density at radius 3 is 0.769 bits per heavy atom. The molecule has 0 atom stereocenters. The van der Waals surface area contributed by atoms with E-state index in [-0.39, 0.29) is 15.8 Å². The Labute approximate surface area is 258 Å². The average Bonchev–Trinajstić information content (AvgIpc) is 3.01. The molecule has 1 radical (unpaired) electrons. The van der Waals surface area contributed by atoms with Crippen LogP contribution in [-0.2, 0) is 18.8 Å². The van der Waals surface area contributed by atoms with Gasteiger partial charge in [-0.3, -0.25) is 0 Å². The van der Waals surface area contributed by atoms with Gasteiger partial charge < -0.3 is 0 Å². The van der Waals surface area contributed by atoms with Crippen molar-refractivity contribution in [2.24, 2.45) is 0 Å². The van der Waals surface area contributed by atoms with E-state index in [1.54, 1.807) is 18.8 Å². The van der Waals surface area contributed by atoms with E-state index in [2.05, 4.69) is 188 Å². The van der Waals surface area contributed by atoms with Gasteiger partial charge in [-0.15, -0.1) is 0 Å². The van der Waals surface area contributed by atoms with E-state index in [1.807, 2.05) is 0 Å². The molecule has 0 bridgehead atoms. The summed E-state index contributed by atoms with van der Waals surface area (Å²) in [6, 6.07) is 54.2. The van der Waals surface area contributed by atoms with Crippen LogP contribution in [0.1, 0.15) is 0 Å². The summed E-state index contributed by atoms with van der Waals surface area (Å²) < 4.78 is 4.50. The summed E-state index contributed by atoms with van der Waals surface area (Å²) in [7, 11) is 4.19. The van der Waals surface area contributed by atoms with Gasteiger partial charge in [-0.05, 0) is 24.3 Å². The number of hydrogen-bond acceptors (Lipinski definition) is 0. The molecule has 0 amide bonds. The molecule has 5 heteroatoms. The van der Waals surface area contributed by atoms with Gasteiger partial charge in [0.05, 0.1) is 37.3 Å². The molecule has 204 valence electrons. The number of hydrogen-bond donors (Lipinski definition) is 0. The first-order valence-corrected chi connectivity index (χ1v) is 23.9. The van der Waals surface area contributed by atoms with Gasteiger partial charge in [0.25, 0.3) is 0 Å². The molecule has 0 aliphatic carbocycles. The molecule has 0 N–H and O–H groups in total. The van der Waals surface area contributed by atoms with Gasteiger partial charge in [0.1, 0.15) is 0 Å². The van der Waals surface area contributed by atoms with Crippen LogP contribution in [0.25, 0.3) is 0 Å². The molecule has 0 aromatic heterocycles. The normalized spacial score (nSPS) is 10.0. The van der Waals surface area contributed by atoms with E-state index in [9.17, 15) is 0 Å². The maximum atomic E-state index is 4.61. The van der Waals surface area contributed by atoms with Crippen LogP contribution in [0.4, 0.5) is 0 Å². The molecule has 5 aromatic carbocycles. The van der Waals surface area contributed by atoms with Crippen LogP contribution >= 0.6 is 25.3 Å². The van der Waals surface area contributed by atoms with E-state index < -0.39 is 14.3 Å². The van der Waals surface area contributed by atoms with Crippen molar-refractivity contribution in [1.82, 2.24) is 0 Å². The fraction of sp³-hybridized carbons (Fsp3) is 0.118. The molecule has 0 fully saturated rings. The first-order valence-electron chi connectivity index (χ1n) is 12.9. The SMILES string of the molecule is C[PH+](C)c1ccccc1.C[PH+](C)c1ccccc1.[Cl][Pt].c1cc[c]([Ge]([c]2ccccc2)[c]2ccccc2)cc1. The monoisotopic (exact) mass is 813 g/mol. The third-order valence-electron chi connectivity index (χ3n) is 5.89. The molecular weight excluding hydrogens is 773 g/mol. The van der Waals surface area contributed by atoms with Gasteiger partial charge in [0, 0.05) is 15.8 Å². The van der Waals surface area contributed by atoms with Crippen LogP contribution in [0.15, 0.2) is 152 Å². The summed E-state index contributed by atoms with van der Waals surface area (Å²) in [5.41, 5.74) is 0. The second kappa shape index (κ2) is 20.4. The minimum atomic E-state index is -1.63. The Hall–Kier alpha value is -1.52. The summed E-state index contributed by atoms with van der Waals surface area (Å²) in [5, 5.41) is 3.03. The summed E-state index contributed by atoms with van der Waals surface area (Å²) in [6.45, 7) is 9.22. The van der Waals surface area contributed by atoms with E-state index in [0.29, 0.717) is 0 Å². The predicted molar refractivity (Wildman–Crippen MR) is 182 cm³/mol. The van der Waals surface area contributed by atoms with E-state index in [0.717, 1.165) is 0 Å². The molecule has 39 heavy (non-hydrogen) atoms. The molecule has 0 nitrogen and oxygen atoms in total. The molecule has 0 saturated heterocycles. The first kappa shape index (κ1) is 33.7. The molecule has 0 unspecified atom stereocenters. The topological polar surface area (TPSA) is 0 Å². The maximum absolute atomic E-state index is 4.61. The van der Waals surface area contributed by atoms with Gasteiger partial charge in [0.15, 0.2) is 0 Å². The third kappa shape index (κ3) is 12.7. The van der Waals surface area contributed by atoms with Crippen LogP contribution in [0.3, 0.4) is 0 Å². The Morgan fingerprint density at radius 1 is 0.385 bits per heavy atom. The van der Waals surface area contributed by atoms with Crippen molar-refractivity contribution in [1.29, 1.82) is 0 Å². The van der Waals surface area contributed by atoms with Gasteiger partial charge in [-0.1, -0.05) is 36.4 Å². The third-order valence-corrected chi connectivity index (χ3v) is 14.6. The Bertz CT molecular complexity index is 1120. The molecule has 5 rings (SSSR count). The van der Waals surface area contributed by atoms with Crippen LogP contribution < -0.4 is 23.8 Å². The fourth-order valence-corrected chi connectivity index (χ4v) is 11.0. The van der Waals surface area contributed by atoms with Crippen LogP contribution in [0, 0.1) is 0 Å². The van der Waals surface area contributed by atoms with E-state index >= 15 is 0 Å². The number of halogens is 1. The van der Waals surface area contributed by atoms with Gasteiger partial charge in [0.2, 0.25) is 0 Å². The summed E-state index contributed by atoms with van der Waals surface area (Å²) in [5.74, 6) is 0. The Balaban J connectivity index is 0.000000224. The zero-order valence-electron chi connectivity index (χ0n) is 23.1. The van der Waals surface area contributed by atoms with E-state index in [1.165, 1.54) is 23.8 Å². The summed E-state index contributed by atoms with van der Waals surface area (Å²) in [4.78, 5) is 0. The fourth-order valence-electron chi connectivity index (χ4n) is 3.86. The predicted octanol–water partition coefficient (Wildman–Crippen LogP) is 6.46. The zero-order chi connectivity index (χ0) is 28.3. The second-order valence-corrected chi connectivity index (χ2v) is 19.6. The number of rotatable bonds is 5. The van der Waals surface area contributed by atoms with E-state index in [4.69, 9.17) is 0 Å². The van der Waals surface area contributed by atoms with Crippen molar-refractivity contribution in [2.75, 3.05) is 26.7 Å². The van der Waals surface area contributed by atoms with Crippen LogP contribution in [0.2, 0.25) is 0 Å². The molecule has 0 spiro atoms. The van der Waals surface area contributed by atoms with Crippen molar-refractivity contribution < 1.29 is 18.8 Å². The average molecular weight is 813 g/mol. The standard InChI is InChI=1S/C18H15Ge.2C8H11P.ClH.Pt/c1-4-10-16(11-5-1)19(17-12-6-2-7-13-17)18-14-8-3-9-15-18;2*1-9(2)8-6-4-3-5-7-8;;/h1-15H;2*3-7H,1-2H3;1H;/q;;;;+1/p+1. The Kier molecular flexibility index (Phi) is 17.6. The number of benzene rings is 5. The quantitative estimate of drug-likeness (QED) is 0.141. The summed E-state index contributed by atoms with van der Waals surface area (Å²) >= 11 is -0.0211. The van der Waals surface area contributed by atoms with Crippen LogP contribution in [0.5, 0.6) is 0 Å². The molecular formula is C34H39ClGeP2Pt+2. The second-order valence-electron chi connectivity index (χ2n) is 9.21. The van der Waals surface area contributed by atoms with Gasteiger partial charge in [-0.25, -0.2) is 0 Å². The van der Waals surface area contributed by atoms with Crippen molar-refractivity contribution in [3.8, 4) is 0 Å². The molecule has 0 saturated carbocycles. The van der Waals surface area contributed by atoms with Gasteiger partial charge in [-0.2, -0.15) is 0 Å². The van der Waals surface area contributed by atoms with Crippen molar-refractivity contribution >= 4 is 63.4 Å². The van der Waals surface area contributed by atoms with Crippen molar-refractivity contribution in [3.63, 3.8) is 0 Å². The minimum absolute atomic E-state index is 0.212. The summed E-state index contributed by atoms with van der Waals surface area (Å²) in [6.07, 6.45) is 0. The Morgan fingerprint density at radius 2 is 0.590 bits per heavy atom. The molecule has 0 aliphatic rings. The van der Waals surface area contributed by atoms with Crippen LogP contribution in [-0.4, -0.2) is 41.0 Å². The molecule has 0 aliphatic heterocycles. The molecule has 0 heterocycles.